The van der Waals surface area contributed by atoms with Crippen LogP contribution in [0.4, 0.5) is 11.4 Å². The van der Waals surface area contributed by atoms with E-state index in [-0.39, 0.29) is 5.91 Å². The Balaban J connectivity index is 1.71. The standard InChI is InChI=1S/C24H23N3O3/c1-27(14-15-29-2)23-19-16-18(25-24(28)17-8-4-3-5-9-17)12-13-21(19)30-22-11-7-6-10-20(22)26-23/h3-13,16H,14-15H2,1-2H3,(H,25,28). The van der Waals surface area contributed by atoms with Gasteiger partial charge in [0.05, 0.1) is 12.2 Å². The van der Waals surface area contributed by atoms with Crippen molar-refractivity contribution in [1.82, 2.24) is 4.90 Å². The summed E-state index contributed by atoms with van der Waals surface area (Å²) < 4.78 is 11.4. The minimum Gasteiger partial charge on any atom is -0.454 e. The van der Waals surface area contributed by atoms with E-state index in [1.54, 1.807) is 19.2 Å². The fourth-order valence-electron chi connectivity index (χ4n) is 3.22. The van der Waals surface area contributed by atoms with Crippen LogP contribution in [0.3, 0.4) is 0 Å². The van der Waals surface area contributed by atoms with Gasteiger partial charge in [-0.3, -0.25) is 4.79 Å². The molecule has 6 heteroatoms. The molecule has 0 atom stereocenters. The number of methoxy groups -OCH3 is 1. The lowest BCUT2D eigenvalue weighted by molar-refractivity contribution is 0.102. The van der Waals surface area contributed by atoms with Gasteiger partial charge in [-0.15, -0.1) is 0 Å². The van der Waals surface area contributed by atoms with Gasteiger partial charge in [0.25, 0.3) is 5.91 Å². The lowest BCUT2D eigenvalue weighted by Crippen LogP contribution is -2.30. The van der Waals surface area contributed by atoms with Crippen molar-refractivity contribution in [1.29, 1.82) is 0 Å². The van der Waals surface area contributed by atoms with Crippen LogP contribution in [-0.2, 0) is 4.74 Å². The van der Waals surface area contributed by atoms with Crippen molar-refractivity contribution in [2.45, 2.75) is 0 Å². The average molecular weight is 401 g/mol. The summed E-state index contributed by atoms with van der Waals surface area (Å²) in [6.07, 6.45) is 0. The number of hydrogen-bond acceptors (Lipinski definition) is 5. The lowest BCUT2D eigenvalue weighted by atomic mass is 10.1. The molecule has 6 nitrogen and oxygen atoms in total. The molecule has 152 valence electrons. The van der Waals surface area contributed by atoms with Crippen LogP contribution in [0.25, 0.3) is 0 Å². The molecule has 1 heterocycles. The largest absolute Gasteiger partial charge is 0.454 e. The maximum Gasteiger partial charge on any atom is 0.255 e. The van der Waals surface area contributed by atoms with Crippen molar-refractivity contribution in [3.63, 3.8) is 0 Å². The number of para-hydroxylation sites is 2. The summed E-state index contributed by atoms with van der Waals surface area (Å²) in [5.74, 6) is 1.96. The number of benzene rings is 3. The summed E-state index contributed by atoms with van der Waals surface area (Å²) in [5, 5.41) is 2.96. The van der Waals surface area contributed by atoms with Crippen LogP contribution < -0.4 is 10.1 Å². The predicted octanol–water partition coefficient (Wildman–Crippen LogP) is 4.70. The Morgan fingerprint density at radius 3 is 2.60 bits per heavy atom. The summed E-state index contributed by atoms with van der Waals surface area (Å²) in [6.45, 7) is 1.23. The van der Waals surface area contributed by atoms with Crippen molar-refractivity contribution in [2.75, 3.05) is 32.6 Å². The molecule has 1 aliphatic heterocycles. The van der Waals surface area contributed by atoms with Crippen LogP contribution in [-0.4, -0.2) is 44.0 Å². The zero-order chi connectivity index (χ0) is 20.9. The normalized spacial score (nSPS) is 12.0. The van der Waals surface area contributed by atoms with E-state index in [9.17, 15) is 4.79 Å². The van der Waals surface area contributed by atoms with Gasteiger partial charge in [0.1, 0.15) is 17.3 Å². The van der Waals surface area contributed by atoms with Crippen molar-refractivity contribution in [3.8, 4) is 11.5 Å². The van der Waals surface area contributed by atoms with Gasteiger partial charge in [0, 0.05) is 32.0 Å². The maximum atomic E-state index is 12.6. The highest BCUT2D eigenvalue weighted by Gasteiger charge is 2.22. The first-order valence-corrected chi connectivity index (χ1v) is 9.72. The number of anilines is 1. The van der Waals surface area contributed by atoms with E-state index < -0.39 is 0 Å². The molecule has 1 amide bonds. The molecule has 1 aliphatic rings. The molecule has 0 aliphatic carbocycles. The molecular formula is C24H23N3O3. The Hall–Kier alpha value is -3.64. The van der Waals surface area contributed by atoms with E-state index in [0.29, 0.717) is 35.9 Å². The van der Waals surface area contributed by atoms with Crippen LogP contribution >= 0.6 is 0 Å². The summed E-state index contributed by atoms with van der Waals surface area (Å²) in [6, 6.07) is 22.4. The third kappa shape index (κ3) is 4.18. The highest BCUT2D eigenvalue weighted by atomic mass is 16.5. The molecule has 1 N–H and O–H groups in total. The molecule has 0 unspecified atom stereocenters. The number of rotatable bonds is 5. The number of amidine groups is 1. The van der Waals surface area contributed by atoms with Gasteiger partial charge in [0.2, 0.25) is 0 Å². The smallest absolute Gasteiger partial charge is 0.255 e. The van der Waals surface area contributed by atoms with Crippen molar-refractivity contribution >= 4 is 23.1 Å². The molecular weight excluding hydrogens is 378 g/mol. The number of nitrogens with one attached hydrogen (secondary N) is 1. The molecule has 0 bridgehead atoms. The second kappa shape index (κ2) is 8.80. The van der Waals surface area contributed by atoms with E-state index in [1.165, 1.54) is 0 Å². The van der Waals surface area contributed by atoms with E-state index >= 15 is 0 Å². The number of likely N-dealkylation sites (N-methyl/N-ethyl adjacent to an activating group) is 1. The Morgan fingerprint density at radius 1 is 1.03 bits per heavy atom. The quantitative estimate of drug-likeness (QED) is 0.673. The number of amides is 1. The molecule has 0 spiro atoms. The summed E-state index contributed by atoms with van der Waals surface area (Å²) >= 11 is 0. The highest BCUT2D eigenvalue weighted by Crippen LogP contribution is 2.38. The average Bonchev–Trinajstić information content (AvgIpc) is 2.94. The molecule has 0 fully saturated rings. The molecule has 0 aromatic heterocycles. The van der Waals surface area contributed by atoms with Gasteiger partial charge in [-0.1, -0.05) is 30.3 Å². The zero-order valence-corrected chi connectivity index (χ0v) is 17.0. The first-order chi connectivity index (χ1) is 14.7. The lowest BCUT2D eigenvalue weighted by Gasteiger charge is -2.22. The number of nitrogens with zero attached hydrogens (tertiary/aromatic N) is 2. The zero-order valence-electron chi connectivity index (χ0n) is 17.0. The van der Waals surface area contributed by atoms with Gasteiger partial charge < -0.3 is 19.7 Å². The minimum atomic E-state index is -0.167. The highest BCUT2D eigenvalue weighted by molar-refractivity contribution is 6.07. The van der Waals surface area contributed by atoms with Gasteiger partial charge in [0.15, 0.2) is 5.75 Å². The number of hydrogen-bond donors (Lipinski definition) is 1. The van der Waals surface area contributed by atoms with E-state index in [4.69, 9.17) is 14.5 Å². The number of aliphatic imine (C=N–C) groups is 1. The van der Waals surface area contributed by atoms with E-state index in [2.05, 4.69) is 5.32 Å². The fraction of sp³-hybridized carbons (Fsp3) is 0.167. The van der Waals surface area contributed by atoms with Crippen LogP contribution in [0.5, 0.6) is 11.5 Å². The monoisotopic (exact) mass is 401 g/mol. The molecule has 4 rings (SSSR count). The number of carbonyl (C=O) groups is 1. The van der Waals surface area contributed by atoms with Crippen LogP contribution in [0.15, 0.2) is 77.8 Å². The Kier molecular flexibility index (Phi) is 5.77. The number of carbonyl (C=O) groups excluding carboxylic acids is 1. The summed E-state index contributed by atoms with van der Waals surface area (Å²) in [4.78, 5) is 19.5. The summed E-state index contributed by atoms with van der Waals surface area (Å²) in [5.41, 5.74) is 2.82. The topological polar surface area (TPSA) is 63.2 Å². The Labute approximate surface area is 175 Å². The first kappa shape index (κ1) is 19.7. The van der Waals surface area contributed by atoms with Gasteiger partial charge in [-0.05, 0) is 42.5 Å². The van der Waals surface area contributed by atoms with Crippen LogP contribution in [0.1, 0.15) is 15.9 Å². The van der Waals surface area contributed by atoms with Crippen molar-refractivity contribution < 1.29 is 14.3 Å². The maximum absolute atomic E-state index is 12.6. The Bertz CT molecular complexity index is 1080. The summed E-state index contributed by atoms with van der Waals surface area (Å²) in [7, 11) is 3.64. The van der Waals surface area contributed by atoms with Gasteiger partial charge >= 0.3 is 0 Å². The second-order valence-electron chi connectivity index (χ2n) is 6.95. The molecule has 0 radical (unpaired) electrons. The molecule has 0 saturated carbocycles. The third-order valence-corrected chi connectivity index (χ3v) is 4.82. The van der Waals surface area contributed by atoms with E-state index in [0.717, 1.165) is 17.1 Å². The SMILES string of the molecule is COCCN(C)C1=Nc2ccccc2Oc2ccc(NC(=O)c3ccccc3)cc21. The van der Waals surface area contributed by atoms with Gasteiger partial charge in [-0.25, -0.2) is 4.99 Å². The number of fused-ring (bicyclic) bond motifs is 2. The van der Waals surface area contributed by atoms with Crippen LogP contribution in [0, 0.1) is 0 Å². The van der Waals surface area contributed by atoms with Crippen molar-refractivity contribution in [3.05, 3.63) is 83.9 Å². The minimum absolute atomic E-state index is 0.167. The third-order valence-electron chi connectivity index (χ3n) is 4.82. The van der Waals surface area contributed by atoms with Crippen molar-refractivity contribution in [2.24, 2.45) is 4.99 Å². The fourth-order valence-corrected chi connectivity index (χ4v) is 3.22. The molecule has 3 aromatic rings. The molecule has 0 saturated heterocycles. The van der Waals surface area contributed by atoms with Gasteiger partial charge in [-0.2, -0.15) is 0 Å². The first-order valence-electron chi connectivity index (χ1n) is 9.72. The van der Waals surface area contributed by atoms with Crippen LogP contribution in [0.2, 0.25) is 0 Å². The number of ether oxygens (including phenoxy) is 2. The second-order valence-corrected chi connectivity index (χ2v) is 6.95. The predicted molar refractivity (Wildman–Crippen MR) is 118 cm³/mol. The Morgan fingerprint density at radius 2 is 1.80 bits per heavy atom. The van der Waals surface area contributed by atoms with E-state index in [1.807, 2.05) is 72.6 Å². The molecule has 3 aromatic carbocycles. The molecule has 30 heavy (non-hydrogen) atoms.